The Balaban J connectivity index is 1.64. The number of esters is 1. The molecule has 1 amide bonds. The fraction of sp³-hybridized carbons (Fsp3) is 0.333. The number of sulfonamides is 1. The number of carbonyl (C=O) groups excluding carboxylic acids is 2. The molecule has 1 aliphatic rings. The number of nitrogens with one attached hydrogen (secondary N) is 1. The average molecular weight is 457 g/mol. The van der Waals surface area contributed by atoms with Gasteiger partial charge in [0, 0.05) is 18.2 Å². The van der Waals surface area contributed by atoms with Gasteiger partial charge in [-0.3, -0.25) is 9.10 Å². The maximum Gasteiger partial charge on any atom is 0.331 e. The van der Waals surface area contributed by atoms with Crippen molar-refractivity contribution in [3.63, 3.8) is 0 Å². The monoisotopic (exact) mass is 456 g/mol. The van der Waals surface area contributed by atoms with Gasteiger partial charge in [-0.25, -0.2) is 13.2 Å². The Morgan fingerprint density at radius 2 is 1.75 bits per heavy atom. The lowest BCUT2D eigenvalue weighted by molar-refractivity contribution is -0.150. The smallest absolute Gasteiger partial charge is 0.331 e. The number of nitrogens with zero attached hydrogens (tertiary/aromatic N) is 1. The van der Waals surface area contributed by atoms with E-state index in [0.717, 1.165) is 5.56 Å². The van der Waals surface area contributed by atoms with Crippen molar-refractivity contribution >= 4 is 33.7 Å². The molecule has 170 valence electrons. The van der Waals surface area contributed by atoms with Gasteiger partial charge in [-0.05, 0) is 69.5 Å². The van der Waals surface area contributed by atoms with Crippen LogP contribution >= 0.6 is 0 Å². The second-order valence-electron chi connectivity index (χ2n) is 8.68. The fourth-order valence-electron chi connectivity index (χ4n) is 3.34. The normalized spacial score (nSPS) is 14.8. The lowest BCUT2D eigenvalue weighted by atomic mass is 10.1. The van der Waals surface area contributed by atoms with Crippen LogP contribution in [0.25, 0.3) is 6.08 Å². The van der Waals surface area contributed by atoms with Crippen LogP contribution < -0.4 is 9.62 Å². The Bertz CT molecular complexity index is 1130. The second kappa shape index (κ2) is 9.16. The number of benzene rings is 2. The minimum Gasteiger partial charge on any atom is -0.449 e. The molecule has 1 heterocycles. The Hall–Kier alpha value is -3.13. The summed E-state index contributed by atoms with van der Waals surface area (Å²) in [6.07, 6.45) is 2.48. The lowest BCUT2D eigenvalue weighted by Gasteiger charge is -2.22. The minimum atomic E-state index is -3.67. The van der Waals surface area contributed by atoms with E-state index >= 15 is 0 Å². The molecule has 1 aliphatic heterocycles. The molecule has 0 saturated carbocycles. The van der Waals surface area contributed by atoms with Gasteiger partial charge in [0.1, 0.15) is 0 Å². The van der Waals surface area contributed by atoms with Crippen molar-refractivity contribution in [2.45, 2.75) is 50.7 Å². The number of anilines is 1. The molecule has 1 unspecified atom stereocenters. The van der Waals surface area contributed by atoms with E-state index in [1.54, 1.807) is 12.1 Å². The molecule has 2 aromatic rings. The molecule has 1 N–H and O–H groups in total. The largest absolute Gasteiger partial charge is 0.449 e. The van der Waals surface area contributed by atoms with Gasteiger partial charge in [-0.1, -0.05) is 30.3 Å². The molecule has 0 fully saturated rings. The van der Waals surface area contributed by atoms with Crippen molar-refractivity contribution in [3.05, 3.63) is 65.7 Å². The van der Waals surface area contributed by atoms with Gasteiger partial charge in [0.2, 0.25) is 0 Å². The van der Waals surface area contributed by atoms with Gasteiger partial charge in [0.15, 0.2) is 6.10 Å². The Labute approximate surface area is 189 Å². The molecule has 8 heteroatoms. The molecular formula is C24H28N2O5S. The van der Waals surface area contributed by atoms with Crippen LogP contribution in [0.2, 0.25) is 0 Å². The highest BCUT2D eigenvalue weighted by Gasteiger charge is 2.30. The fourth-order valence-corrected chi connectivity index (χ4v) is 4.84. The molecule has 32 heavy (non-hydrogen) atoms. The third-order valence-electron chi connectivity index (χ3n) is 4.88. The van der Waals surface area contributed by atoms with Gasteiger partial charge in [-0.2, -0.15) is 0 Å². The predicted molar refractivity (Wildman–Crippen MR) is 124 cm³/mol. The number of fused-ring (bicyclic) bond motifs is 1. The number of para-hydroxylation sites is 1. The van der Waals surface area contributed by atoms with Crippen molar-refractivity contribution in [1.82, 2.24) is 5.32 Å². The number of hydrogen-bond acceptors (Lipinski definition) is 5. The molecule has 0 aromatic heterocycles. The zero-order valence-corrected chi connectivity index (χ0v) is 19.5. The Morgan fingerprint density at radius 1 is 1.09 bits per heavy atom. The van der Waals surface area contributed by atoms with Crippen LogP contribution in [0.4, 0.5) is 5.69 Å². The van der Waals surface area contributed by atoms with E-state index in [4.69, 9.17) is 4.74 Å². The third kappa shape index (κ3) is 5.56. The molecular weight excluding hydrogens is 428 g/mol. The van der Waals surface area contributed by atoms with Crippen molar-refractivity contribution in [2.75, 3.05) is 10.8 Å². The van der Waals surface area contributed by atoms with E-state index in [1.807, 2.05) is 45.0 Å². The number of rotatable bonds is 6. The molecule has 2 aromatic carbocycles. The number of carbonyl (C=O) groups is 2. The molecule has 7 nitrogen and oxygen atoms in total. The van der Waals surface area contributed by atoms with Crippen molar-refractivity contribution in [1.29, 1.82) is 0 Å². The van der Waals surface area contributed by atoms with Gasteiger partial charge >= 0.3 is 5.97 Å². The quantitative estimate of drug-likeness (QED) is 0.532. The highest BCUT2D eigenvalue weighted by molar-refractivity contribution is 7.92. The van der Waals surface area contributed by atoms with Gasteiger partial charge in [0.25, 0.3) is 15.9 Å². The summed E-state index contributed by atoms with van der Waals surface area (Å²) in [6.45, 7) is 7.43. The molecule has 0 aliphatic carbocycles. The number of hydrogen-bond donors (Lipinski definition) is 1. The summed E-state index contributed by atoms with van der Waals surface area (Å²) in [4.78, 5) is 24.2. The maximum absolute atomic E-state index is 13.1. The highest BCUT2D eigenvalue weighted by Crippen LogP contribution is 2.32. The highest BCUT2D eigenvalue weighted by atomic mass is 32.2. The summed E-state index contributed by atoms with van der Waals surface area (Å²) in [5, 5.41) is 2.75. The van der Waals surface area contributed by atoms with Gasteiger partial charge in [0.05, 0.1) is 10.6 Å². The lowest BCUT2D eigenvalue weighted by Crippen LogP contribution is -2.46. The first-order valence-electron chi connectivity index (χ1n) is 10.4. The van der Waals surface area contributed by atoms with Crippen molar-refractivity contribution in [3.8, 4) is 0 Å². The third-order valence-corrected chi connectivity index (χ3v) is 6.71. The average Bonchev–Trinajstić information content (AvgIpc) is 3.16. The van der Waals surface area contributed by atoms with Crippen LogP contribution in [-0.2, 0) is 30.8 Å². The summed E-state index contributed by atoms with van der Waals surface area (Å²) < 4.78 is 32.7. The molecule has 1 atom stereocenters. The standard InChI is InChI=1S/C24H28N2O5S/c1-17(23(28)25-24(2,3)4)31-22(27)14-11-18-9-12-20(13-10-18)32(29,30)26-16-15-19-7-5-6-8-21(19)26/h5-14,17H,15-16H2,1-4H3,(H,25,28)/b14-11+. The molecule has 3 rings (SSSR count). The first kappa shape index (κ1) is 23.5. The van der Waals surface area contributed by atoms with Crippen LogP contribution in [0, 0.1) is 0 Å². The van der Waals surface area contributed by atoms with E-state index in [9.17, 15) is 18.0 Å². The van der Waals surface area contributed by atoms with Crippen LogP contribution in [0.5, 0.6) is 0 Å². The summed E-state index contributed by atoms with van der Waals surface area (Å²) >= 11 is 0. The van der Waals surface area contributed by atoms with Crippen LogP contribution in [0.15, 0.2) is 59.5 Å². The van der Waals surface area contributed by atoms with E-state index in [1.165, 1.54) is 35.5 Å². The predicted octanol–water partition coefficient (Wildman–Crippen LogP) is 3.30. The summed E-state index contributed by atoms with van der Waals surface area (Å²) in [5.74, 6) is -1.04. The van der Waals surface area contributed by atoms with Crippen LogP contribution in [0.1, 0.15) is 38.8 Å². The molecule has 0 radical (unpaired) electrons. The van der Waals surface area contributed by atoms with Crippen molar-refractivity contribution in [2.24, 2.45) is 0 Å². The SMILES string of the molecule is CC(OC(=O)/C=C/c1ccc(S(=O)(=O)N2CCc3ccccc32)cc1)C(=O)NC(C)(C)C. The first-order chi connectivity index (χ1) is 15.0. The summed E-state index contributed by atoms with van der Waals surface area (Å²) in [7, 11) is -3.67. The Kier molecular flexibility index (Phi) is 6.74. The van der Waals surface area contributed by atoms with E-state index < -0.39 is 27.6 Å². The van der Waals surface area contributed by atoms with Gasteiger partial charge in [-0.15, -0.1) is 0 Å². The van der Waals surface area contributed by atoms with Crippen LogP contribution in [-0.4, -0.2) is 38.5 Å². The first-order valence-corrected chi connectivity index (χ1v) is 11.8. The zero-order chi connectivity index (χ0) is 23.5. The van der Waals surface area contributed by atoms with Gasteiger partial charge < -0.3 is 10.1 Å². The summed E-state index contributed by atoms with van der Waals surface area (Å²) in [5.41, 5.74) is 1.94. The van der Waals surface area contributed by atoms with Crippen molar-refractivity contribution < 1.29 is 22.7 Å². The van der Waals surface area contributed by atoms with E-state index in [-0.39, 0.29) is 10.8 Å². The van der Waals surface area contributed by atoms with E-state index in [2.05, 4.69) is 5.32 Å². The topological polar surface area (TPSA) is 92.8 Å². The molecule has 0 bridgehead atoms. The Morgan fingerprint density at radius 3 is 2.41 bits per heavy atom. The van der Waals surface area contributed by atoms with E-state index in [0.29, 0.717) is 24.2 Å². The second-order valence-corrected chi connectivity index (χ2v) is 10.5. The molecule has 0 spiro atoms. The number of amides is 1. The summed E-state index contributed by atoms with van der Waals surface area (Å²) in [6, 6.07) is 13.7. The number of ether oxygens (including phenoxy) is 1. The minimum absolute atomic E-state index is 0.182. The zero-order valence-electron chi connectivity index (χ0n) is 18.7. The molecule has 0 saturated heterocycles. The maximum atomic E-state index is 13.1. The van der Waals surface area contributed by atoms with Crippen LogP contribution in [0.3, 0.4) is 0 Å².